The van der Waals surface area contributed by atoms with Crippen molar-refractivity contribution < 1.29 is 9.47 Å². The summed E-state index contributed by atoms with van der Waals surface area (Å²) in [6.45, 7) is 4.95. The number of ether oxygens (including phenoxy) is 2. The summed E-state index contributed by atoms with van der Waals surface area (Å²) in [5.74, 6) is 1.80. The highest BCUT2D eigenvalue weighted by atomic mass is 79.9. The highest BCUT2D eigenvalue weighted by molar-refractivity contribution is 9.10. The summed E-state index contributed by atoms with van der Waals surface area (Å²) < 4.78 is 12.3. The van der Waals surface area contributed by atoms with E-state index in [4.69, 9.17) is 9.47 Å². The molecule has 4 heteroatoms. The molecule has 0 heterocycles. The summed E-state index contributed by atoms with van der Waals surface area (Å²) in [6, 6.07) is 15.9. The van der Waals surface area contributed by atoms with Gasteiger partial charge < -0.3 is 14.8 Å². The molecule has 0 aromatic heterocycles. The van der Waals surface area contributed by atoms with Crippen LogP contribution in [0.4, 0.5) is 0 Å². The number of benzene rings is 2. The van der Waals surface area contributed by atoms with Gasteiger partial charge in [-0.1, -0.05) is 34.1 Å². The molecule has 2 aromatic carbocycles. The van der Waals surface area contributed by atoms with Gasteiger partial charge >= 0.3 is 0 Å². The second-order valence-corrected chi connectivity index (χ2v) is 5.64. The highest BCUT2D eigenvalue weighted by Crippen LogP contribution is 2.17. The third-order valence-corrected chi connectivity index (χ3v) is 3.37. The Kier molecular flexibility index (Phi) is 6.57. The monoisotopic (exact) mass is 349 g/mol. The molecule has 0 aliphatic rings. The van der Waals surface area contributed by atoms with Crippen LogP contribution in [0, 0.1) is 6.92 Å². The molecule has 0 atom stereocenters. The number of aryl methyl sites for hydroxylation is 1. The second-order valence-electron chi connectivity index (χ2n) is 4.72. The van der Waals surface area contributed by atoms with Gasteiger partial charge in [0.15, 0.2) is 0 Å². The fraction of sp³-hybridized carbons (Fsp3) is 0.294. The van der Waals surface area contributed by atoms with Gasteiger partial charge in [-0.05, 0) is 42.8 Å². The molecule has 112 valence electrons. The normalized spacial score (nSPS) is 10.4. The van der Waals surface area contributed by atoms with Gasteiger partial charge in [0.25, 0.3) is 0 Å². The maximum absolute atomic E-state index is 5.66. The molecule has 0 aliphatic heterocycles. The lowest BCUT2D eigenvalue weighted by atomic mass is 10.2. The van der Waals surface area contributed by atoms with Crippen LogP contribution in [-0.2, 0) is 0 Å². The fourth-order valence-corrected chi connectivity index (χ4v) is 2.25. The molecule has 0 fully saturated rings. The van der Waals surface area contributed by atoms with Crippen LogP contribution < -0.4 is 14.8 Å². The molecule has 3 nitrogen and oxygen atoms in total. The number of nitrogens with one attached hydrogen (secondary N) is 1. The molecule has 0 amide bonds. The van der Waals surface area contributed by atoms with Crippen molar-refractivity contribution in [2.75, 3.05) is 26.3 Å². The Morgan fingerprint density at radius 3 is 2.14 bits per heavy atom. The largest absolute Gasteiger partial charge is 0.492 e. The van der Waals surface area contributed by atoms with E-state index in [1.54, 1.807) is 0 Å². The number of rotatable bonds is 8. The zero-order valence-corrected chi connectivity index (χ0v) is 13.7. The lowest BCUT2D eigenvalue weighted by Gasteiger charge is -2.09. The van der Waals surface area contributed by atoms with Crippen LogP contribution in [0.25, 0.3) is 0 Å². The molecule has 21 heavy (non-hydrogen) atoms. The van der Waals surface area contributed by atoms with Crippen molar-refractivity contribution >= 4 is 15.9 Å². The average Bonchev–Trinajstić information content (AvgIpc) is 2.46. The van der Waals surface area contributed by atoms with Crippen molar-refractivity contribution in [3.63, 3.8) is 0 Å². The minimum atomic E-state index is 0.640. The first-order chi connectivity index (χ1) is 10.2. The molecule has 0 radical (unpaired) electrons. The molecule has 0 bridgehead atoms. The second kappa shape index (κ2) is 8.70. The SMILES string of the molecule is Cc1cccc(OCCNCCOc2cccc(Br)c2)c1. The zero-order chi connectivity index (χ0) is 14.9. The van der Waals surface area contributed by atoms with E-state index in [-0.39, 0.29) is 0 Å². The topological polar surface area (TPSA) is 30.5 Å². The Morgan fingerprint density at radius 2 is 1.52 bits per heavy atom. The van der Waals surface area contributed by atoms with Crippen molar-refractivity contribution in [1.29, 1.82) is 0 Å². The highest BCUT2D eigenvalue weighted by Gasteiger charge is 1.96. The Labute approximate surface area is 134 Å². The van der Waals surface area contributed by atoms with Crippen molar-refractivity contribution in [3.05, 3.63) is 58.6 Å². The zero-order valence-electron chi connectivity index (χ0n) is 12.1. The first kappa shape index (κ1) is 15.9. The Morgan fingerprint density at radius 1 is 0.905 bits per heavy atom. The summed E-state index contributed by atoms with van der Waals surface area (Å²) in [4.78, 5) is 0. The number of hydrogen-bond acceptors (Lipinski definition) is 3. The van der Waals surface area contributed by atoms with Gasteiger partial charge in [-0.25, -0.2) is 0 Å². The van der Waals surface area contributed by atoms with Crippen molar-refractivity contribution in [2.24, 2.45) is 0 Å². The molecule has 0 aliphatic carbocycles. The third-order valence-electron chi connectivity index (χ3n) is 2.88. The smallest absolute Gasteiger partial charge is 0.120 e. The van der Waals surface area contributed by atoms with Gasteiger partial charge in [-0.15, -0.1) is 0 Å². The molecular weight excluding hydrogens is 330 g/mol. The summed E-state index contributed by atoms with van der Waals surface area (Å²) in [5.41, 5.74) is 1.21. The Hall–Kier alpha value is -1.52. The Balaban J connectivity index is 1.54. The van der Waals surface area contributed by atoms with E-state index >= 15 is 0 Å². The van der Waals surface area contributed by atoms with Crippen LogP contribution in [0.5, 0.6) is 11.5 Å². The Bertz CT molecular complexity index is 510. The van der Waals surface area contributed by atoms with E-state index in [9.17, 15) is 0 Å². The van der Waals surface area contributed by atoms with Gasteiger partial charge in [0.1, 0.15) is 24.7 Å². The van der Waals surface area contributed by atoms with Gasteiger partial charge in [-0.2, -0.15) is 0 Å². The van der Waals surface area contributed by atoms with E-state index in [1.807, 2.05) is 42.5 Å². The summed E-state index contributed by atoms with van der Waals surface area (Å²) in [7, 11) is 0. The average molecular weight is 350 g/mol. The van der Waals surface area contributed by atoms with Crippen LogP contribution in [-0.4, -0.2) is 26.3 Å². The van der Waals surface area contributed by atoms with Gasteiger partial charge in [0.05, 0.1) is 0 Å². The summed E-state index contributed by atoms with van der Waals surface area (Å²) in [5, 5.41) is 3.29. The first-order valence-electron chi connectivity index (χ1n) is 7.02. The maximum Gasteiger partial charge on any atom is 0.120 e. The van der Waals surface area contributed by atoms with Crippen LogP contribution >= 0.6 is 15.9 Å². The van der Waals surface area contributed by atoms with Gasteiger partial charge in [0.2, 0.25) is 0 Å². The minimum Gasteiger partial charge on any atom is -0.492 e. The first-order valence-corrected chi connectivity index (χ1v) is 7.82. The van der Waals surface area contributed by atoms with E-state index in [1.165, 1.54) is 5.56 Å². The van der Waals surface area contributed by atoms with Crippen molar-refractivity contribution in [3.8, 4) is 11.5 Å². The van der Waals surface area contributed by atoms with Crippen LogP contribution in [0.3, 0.4) is 0 Å². The number of halogens is 1. The molecule has 0 spiro atoms. The third kappa shape index (κ3) is 6.19. The van der Waals surface area contributed by atoms with Gasteiger partial charge in [-0.3, -0.25) is 0 Å². The lowest BCUT2D eigenvalue weighted by Crippen LogP contribution is -2.25. The molecular formula is C17H20BrNO2. The van der Waals surface area contributed by atoms with Crippen LogP contribution in [0.1, 0.15) is 5.56 Å². The quantitative estimate of drug-likeness (QED) is 0.735. The molecule has 0 unspecified atom stereocenters. The molecule has 2 rings (SSSR count). The maximum atomic E-state index is 5.66. The van der Waals surface area contributed by atoms with Crippen LogP contribution in [0.15, 0.2) is 53.0 Å². The number of hydrogen-bond donors (Lipinski definition) is 1. The minimum absolute atomic E-state index is 0.640. The molecule has 0 saturated carbocycles. The molecule has 0 saturated heterocycles. The molecule has 2 aromatic rings. The van der Waals surface area contributed by atoms with E-state index in [0.29, 0.717) is 13.2 Å². The van der Waals surface area contributed by atoms with E-state index < -0.39 is 0 Å². The fourth-order valence-electron chi connectivity index (χ4n) is 1.87. The summed E-state index contributed by atoms with van der Waals surface area (Å²) in [6.07, 6.45) is 0. The van der Waals surface area contributed by atoms with Gasteiger partial charge in [0, 0.05) is 17.6 Å². The predicted octanol–water partition coefficient (Wildman–Crippen LogP) is 3.80. The predicted molar refractivity (Wildman–Crippen MR) is 89.2 cm³/mol. The summed E-state index contributed by atoms with van der Waals surface area (Å²) >= 11 is 3.42. The standard InChI is InChI=1S/C17H20BrNO2/c1-14-4-2-6-16(12-14)20-10-8-19-9-11-21-17-7-3-5-15(18)13-17/h2-7,12-13,19H,8-11H2,1H3. The van der Waals surface area contributed by atoms with Crippen LogP contribution in [0.2, 0.25) is 0 Å². The molecule has 1 N–H and O–H groups in total. The van der Waals surface area contributed by atoms with Crippen molar-refractivity contribution in [1.82, 2.24) is 5.32 Å². The van der Waals surface area contributed by atoms with E-state index in [2.05, 4.69) is 34.2 Å². The van der Waals surface area contributed by atoms with E-state index in [0.717, 1.165) is 29.1 Å². The lowest BCUT2D eigenvalue weighted by molar-refractivity contribution is 0.289. The van der Waals surface area contributed by atoms with Crippen molar-refractivity contribution in [2.45, 2.75) is 6.92 Å².